The summed E-state index contributed by atoms with van der Waals surface area (Å²) in [5.41, 5.74) is 1.75. The summed E-state index contributed by atoms with van der Waals surface area (Å²) in [6.07, 6.45) is 8.56. The average molecular weight is 411 g/mol. The van der Waals surface area contributed by atoms with E-state index in [0.717, 1.165) is 39.1 Å². The number of nitrogens with zero attached hydrogens (tertiary/aromatic N) is 2. The Balaban J connectivity index is 1.41. The van der Waals surface area contributed by atoms with Gasteiger partial charge in [-0.25, -0.2) is 0 Å². The fourth-order valence-electron chi connectivity index (χ4n) is 3.74. The van der Waals surface area contributed by atoms with E-state index in [0.29, 0.717) is 25.1 Å². The van der Waals surface area contributed by atoms with Crippen LogP contribution in [0.15, 0.2) is 59.4 Å². The molecule has 0 spiro atoms. The SMILES string of the molecule is CCCN(CCC(=O)N1CC[NH+](C/C=C/c2ccccc2)CC1)C(=O)c1ccoc1. The second-order valence-corrected chi connectivity index (χ2v) is 7.70. The molecule has 3 rings (SSSR count). The number of amides is 2. The number of carbonyl (C=O) groups is 2. The van der Waals surface area contributed by atoms with Crippen molar-refractivity contribution in [2.45, 2.75) is 19.8 Å². The van der Waals surface area contributed by atoms with E-state index in [4.69, 9.17) is 4.42 Å². The first-order valence-electron chi connectivity index (χ1n) is 10.8. The van der Waals surface area contributed by atoms with Crippen LogP contribution in [0.5, 0.6) is 0 Å². The third-order valence-electron chi connectivity index (χ3n) is 5.48. The van der Waals surface area contributed by atoms with Crippen LogP contribution >= 0.6 is 0 Å². The summed E-state index contributed by atoms with van der Waals surface area (Å²) >= 11 is 0. The predicted octanol–water partition coefficient (Wildman–Crippen LogP) is 1.96. The molecule has 1 aromatic heterocycles. The average Bonchev–Trinajstić information content (AvgIpc) is 3.32. The molecule has 0 atom stereocenters. The van der Waals surface area contributed by atoms with Gasteiger partial charge in [-0.2, -0.15) is 0 Å². The molecule has 6 heteroatoms. The van der Waals surface area contributed by atoms with Crippen molar-refractivity contribution >= 4 is 17.9 Å². The fourth-order valence-corrected chi connectivity index (χ4v) is 3.74. The van der Waals surface area contributed by atoms with Gasteiger partial charge in [0.2, 0.25) is 5.91 Å². The highest BCUT2D eigenvalue weighted by molar-refractivity contribution is 5.94. The van der Waals surface area contributed by atoms with Crippen LogP contribution in [0.2, 0.25) is 0 Å². The zero-order chi connectivity index (χ0) is 21.2. The van der Waals surface area contributed by atoms with Gasteiger partial charge in [-0.1, -0.05) is 43.3 Å². The number of hydrogen-bond acceptors (Lipinski definition) is 3. The third kappa shape index (κ3) is 6.32. The maximum Gasteiger partial charge on any atom is 0.257 e. The van der Waals surface area contributed by atoms with Crippen molar-refractivity contribution in [1.82, 2.24) is 9.80 Å². The Labute approximate surface area is 178 Å². The van der Waals surface area contributed by atoms with Gasteiger partial charge < -0.3 is 19.1 Å². The molecule has 2 amide bonds. The van der Waals surface area contributed by atoms with Crippen LogP contribution in [0.1, 0.15) is 35.7 Å². The summed E-state index contributed by atoms with van der Waals surface area (Å²) in [7, 11) is 0. The van der Waals surface area contributed by atoms with Crippen molar-refractivity contribution in [1.29, 1.82) is 0 Å². The molecule has 1 aliphatic heterocycles. The highest BCUT2D eigenvalue weighted by Gasteiger charge is 2.24. The molecule has 6 nitrogen and oxygen atoms in total. The van der Waals surface area contributed by atoms with Crippen LogP contribution in [0.25, 0.3) is 6.08 Å². The molecule has 0 unspecified atom stereocenters. The first-order chi connectivity index (χ1) is 14.7. The molecule has 0 bridgehead atoms. The second-order valence-electron chi connectivity index (χ2n) is 7.70. The minimum Gasteiger partial charge on any atom is -0.472 e. The summed E-state index contributed by atoms with van der Waals surface area (Å²) in [5.74, 6) is 0.0628. The number of rotatable bonds is 9. The minimum absolute atomic E-state index is 0.0714. The van der Waals surface area contributed by atoms with Crippen LogP contribution < -0.4 is 4.90 Å². The van der Waals surface area contributed by atoms with E-state index >= 15 is 0 Å². The Morgan fingerprint density at radius 2 is 1.90 bits per heavy atom. The summed E-state index contributed by atoms with van der Waals surface area (Å²) < 4.78 is 5.02. The van der Waals surface area contributed by atoms with Gasteiger partial charge in [-0.15, -0.1) is 0 Å². The maximum atomic E-state index is 12.7. The van der Waals surface area contributed by atoms with E-state index in [1.807, 2.05) is 30.0 Å². The van der Waals surface area contributed by atoms with Crippen LogP contribution in [0.4, 0.5) is 0 Å². The summed E-state index contributed by atoms with van der Waals surface area (Å²) in [4.78, 5) is 30.4. The monoisotopic (exact) mass is 410 g/mol. The van der Waals surface area contributed by atoms with Crippen molar-refractivity contribution in [2.24, 2.45) is 0 Å². The van der Waals surface area contributed by atoms with Gasteiger partial charge in [0.25, 0.3) is 5.91 Å². The molecule has 0 saturated carbocycles. The first-order valence-corrected chi connectivity index (χ1v) is 10.8. The van der Waals surface area contributed by atoms with E-state index < -0.39 is 0 Å². The van der Waals surface area contributed by atoms with Gasteiger partial charge in [0, 0.05) is 19.5 Å². The molecule has 1 N–H and O–H groups in total. The number of hydrogen-bond donors (Lipinski definition) is 1. The highest BCUT2D eigenvalue weighted by Crippen LogP contribution is 2.08. The number of piperazine rings is 1. The Bertz CT molecular complexity index is 809. The molecular formula is C24H32N3O3+. The lowest BCUT2D eigenvalue weighted by atomic mass is 10.2. The molecule has 1 aromatic carbocycles. The molecule has 2 aromatic rings. The lowest BCUT2D eigenvalue weighted by Crippen LogP contribution is -3.14. The molecule has 0 aliphatic carbocycles. The highest BCUT2D eigenvalue weighted by atomic mass is 16.3. The summed E-state index contributed by atoms with van der Waals surface area (Å²) in [6, 6.07) is 12.0. The fraction of sp³-hybridized carbons (Fsp3) is 0.417. The van der Waals surface area contributed by atoms with Gasteiger partial charge in [0.05, 0.1) is 44.6 Å². The van der Waals surface area contributed by atoms with Crippen LogP contribution in [-0.4, -0.2) is 67.4 Å². The second kappa shape index (κ2) is 11.4. The molecule has 1 saturated heterocycles. The Hall–Kier alpha value is -2.86. The smallest absolute Gasteiger partial charge is 0.257 e. The molecule has 0 radical (unpaired) electrons. The topological polar surface area (TPSA) is 58.2 Å². The van der Waals surface area contributed by atoms with Crippen molar-refractivity contribution in [3.63, 3.8) is 0 Å². The molecule has 1 aliphatic rings. The Morgan fingerprint density at radius 3 is 2.57 bits per heavy atom. The Morgan fingerprint density at radius 1 is 1.13 bits per heavy atom. The standard InChI is InChI=1S/C24H31N3O3/c1-2-12-27(24(29)22-11-19-30-20-22)14-10-23(28)26-17-15-25(16-18-26)13-6-9-21-7-4-3-5-8-21/h3-9,11,19-20H,2,10,12-18H2,1H3/p+1/b9-6+. The quantitative estimate of drug-likeness (QED) is 0.688. The molecule has 30 heavy (non-hydrogen) atoms. The first kappa shape index (κ1) is 21.8. The Kier molecular flexibility index (Phi) is 8.27. The summed E-state index contributed by atoms with van der Waals surface area (Å²) in [6.45, 7) is 7.56. The maximum absolute atomic E-state index is 12.7. The lowest BCUT2D eigenvalue weighted by molar-refractivity contribution is -0.898. The van der Waals surface area contributed by atoms with E-state index in [-0.39, 0.29) is 11.8 Å². The van der Waals surface area contributed by atoms with Crippen molar-refractivity contribution in [3.05, 3.63) is 66.1 Å². The van der Waals surface area contributed by atoms with Gasteiger partial charge in [0.15, 0.2) is 0 Å². The number of carbonyl (C=O) groups excluding carboxylic acids is 2. The minimum atomic E-state index is -0.0714. The predicted molar refractivity (Wildman–Crippen MR) is 117 cm³/mol. The van der Waals surface area contributed by atoms with Crippen LogP contribution in [0.3, 0.4) is 0 Å². The van der Waals surface area contributed by atoms with Crippen LogP contribution in [0, 0.1) is 0 Å². The van der Waals surface area contributed by atoms with Gasteiger partial charge in [-0.05, 0) is 24.1 Å². The number of quaternary nitrogens is 1. The van der Waals surface area contributed by atoms with Gasteiger partial charge in [0.1, 0.15) is 6.26 Å². The van der Waals surface area contributed by atoms with E-state index in [2.05, 4.69) is 24.3 Å². The number of nitrogens with one attached hydrogen (secondary N) is 1. The van der Waals surface area contributed by atoms with E-state index in [1.54, 1.807) is 11.0 Å². The molecular weight excluding hydrogens is 378 g/mol. The third-order valence-corrected chi connectivity index (χ3v) is 5.48. The van der Waals surface area contributed by atoms with E-state index in [1.165, 1.54) is 23.0 Å². The zero-order valence-corrected chi connectivity index (χ0v) is 17.8. The molecule has 2 heterocycles. The van der Waals surface area contributed by atoms with Gasteiger partial charge >= 0.3 is 0 Å². The number of furan rings is 1. The van der Waals surface area contributed by atoms with E-state index in [9.17, 15) is 9.59 Å². The summed E-state index contributed by atoms with van der Waals surface area (Å²) in [5, 5.41) is 0. The van der Waals surface area contributed by atoms with Crippen molar-refractivity contribution in [3.8, 4) is 0 Å². The normalized spacial score (nSPS) is 14.9. The van der Waals surface area contributed by atoms with Gasteiger partial charge in [-0.3, -0.25) is 9.59 Å². The lowest BCUT2D eigenvalue weighted by Gasteiger charge is -2.32. The number of benzene rings is 1. The van der Waals surface area contributed by atoms with Crippen LogP contribution in [-0.2, 0) is 4.79 Å². The zero-order valence-electron chi connectivity index (χ0n) is 17.8. The van der Waals surface area contributed by atoms with Crippen molar-refractivity contribution < 1.29 is 18.9 Å². The molecule has 160 valence electrons. The molecule has 1 fully saturated rings. The van der Waals surface area contributed by atoms with Crippen molar-refractivity contribution in [2.75, 3.05) is 45.8 Å². The largest absolute Gasteiger partial charge is 0.472 e.